The lowest BCUT2D eigenvalue weighted by atomic mass is 9.99. The number of furan rings is 1. The van der Waals surface area contributed by atoms with Crippen LogP contribution in [-0.4, -0.2) is 8.80 Å². The SMILES string of the molecule is c1ccc2c(c1)cc1c3cc4c5cccc6c7ccccc7n(c4cc3n3c4c(ccc7c8ccccc8oc74)c2c13)c65. The molecule has 0 fully saturated rings. The lowest BCUT2D eigenvalue weighted by Gasteiger charge is -2.03. The fourth-order valence-corrected chi connectivity index (χ4v) is 8.46. The Morgan fingerprint density at radius 3 is 2.00 bits per heavy atom. The van der Waals surface area contributed by atoms with Crippen LogP contribution >= 0.6 is 0 Å². The largest absolute Gasteiger partial charge is 0.454 e. The molecule has 0 N–H and O–H groups in total. The summed E-state index contributed by atoms with van der Waals surface area (Å²) in [5, 5.41) is 15.2. The average Bonchev–Trinajstić information content (AvgIpc) is 3.84. The number of nitrogens with zero attached hydrogens (tertiary/aromatic N) is 2. The minimum absolute atomic E-state index is 0.928. The molecule has 7 aromatic carbocycles. The summed E-state index contributed by atoms with van der Waals surface area (Å²) >= 11 is 0. The molecule has 12 aromatic rings. The van der Waals surface area contributed by atoms with Gasteiger partial charge in [0.05, 0.1) is 33.1 Å². The number of para-hydroxylation sites is 3. The van der Waals surface area contributed by atoms with Gasteiger partial charge in [0.1, 0.15) is 5.58 Å². The van der Waals surface area contributed by atoms with Crippen molar-refractivity contribution in [1.29, 1.82) is 0 Å². The van der Waals surface area contributed by atoms with Crippen molar-refractivity contribution in [2.75, 3.05) is 0 Å². The zero-order valence-corrected chi connectivity index (χ0v) is 22.8. The monoisotopic (exact) mass is 544 g/mol. The minimum Gasteiger partial charge on any atom is -0.454 e. The maximum Gasteiger partial charge on any atom is 0.160 e. The third-order valence-corrected chi connectivity index (χ3v) is 10.1. The van der Waals surface area contributed by atoms with Crippen molar-refractivity contribution in [3.05, 3.63) is 121 Å². The second-order valence-corrected chi connectivity index (χ2v) is 12.1. The topological polar surface area (TPSA) is 22.0 Å². The molecule has 5 aromatic heterocycles. The van der Waals surface area contributed by atoms with Crippen molar-refractivity contribution in [3.63, 3.8) is 0 Å². The predicted octanol–water partition coefficient (Wildman–Crippen LogP) is 11.0. The molecule has 0 atom stereocenters. The Bertz CT molecular complexity index is 3170. The van der Waals surface area contributed by atoms with Gasteiger partial charge in [0.25, 0.3) is 0 Å². The predicted molar refractivity (Wildman–Crippen MR) is 181 cm³/mol. The summed E-state index contributed by atoms with van der Waals surface area (Å²) in [5.74, 6) is 0. The van der Waals surface area contributed by atoms with Crippen molar-refractivity contribution in [3.8, 4) is 0 Å². The second kappa shape index (κ2) is 6.80. The van der Waals surface area contributed by atoms with Crippen LogP contribution in [0.15, 0.2) is 126 Å². The quantitative estimate of drug-likeness (QED) is 0.186. The highest BCUT2D eigenvalue weighted by molar-refractivity contribution is 6.35. The molecular weight excluding hydrogens is 524 g/mol. The van der Waals surface area contributed by atoms with Crippen LogP contribution in [0.1, 0.15) is 0 Å². The average molecular weight is 545 g/mol. The number of fused-ring (bicyclic) bond motifs is 18. The molecule has 196 valence electrons. The van der Waals surface area contributed by atoms with Crippen LogP contribution in [0.5, 0.6) is 0 Å². The van der Waals surface area contributed by atoms with Gasteiger partial charge in [0, 0.05) is 53.9 Å². The van der Waals surface area contributed by atoms with Gasteiger partial charge < -0.3 is 13.2 Å². The van der Waals surface area contributed by atoms with E-state index in [1.807, 2.05) is 0 Å². The molecule has 0 aliphatic carbocycles. The minimum atomic E-state index is 0.928. The van der Waals surface area contributed by atoms with E-state index in [9.17, 15) is 0 Å². The lowest BCUT2D eigenvalue weighted by Crippen LogP contribution is -1.84. The number of hydrogen-bond acceptors (Lipinski definition) is 1. The molecule has 3 heteroatoms. The van der Waals surface area contributed by atoms with E-state index >= 15 is 0 Å². The first-order valence-corrected chi connectivity index (χ1v) is 14.9. The van der Waals surface area contributed by atoms with Crippen LogP contribution in [0, 0.1) is 0 Å². The number of aromatic nitrogens is 2. The fourth-order valence-electron chi connectivity index (χ4n) is 8.46. The summed E-state index contributed by atoms with van der Waals surface area (Å²) in [6.45, 7) is 0. The Morgan fingerprint density at radius 2 is 1.07 bits per heavy atom. The molecule has 0 radical (unpaired) electrons. The first kappa shape index (κ1) is 21.0. The number of rotatable bonds is 0. The normalized spacial score (nSPS) is 13.1. The van der Waals surface area contributed by atoms with Gasteiger partial charge >= 0.3 is 0 Å². The third kappa shape index (κ3) is 2.22. The summed E-state index contributed by atoms with van der Waals surface area (Å²) < 4.78 is 11.7. The van der Waals surface area contributed by atoms with Crippen LogP contribution in [-0.2, 0) is 0 Å². The smallest absolute Gasteiger partial charge is 0.160 e. The van der Waals surface area contributed by atoms with Gasteiger partial charge in [-0.15, -0.1) is 0 Å². The van der Waals surface area contributed by atoms with Gasteiger partial charge in [0.15, 0.2) is 5.58 Å². The van der Waals surface area contributed by atoms with E-state index in [0.29, 0.717) is 0 Å². The number of benzene rings is 7. The van der Waals surface area contributed by atoms with Crippen LogP contribution in [0.3, 0.4) is 0 Å². The molecule has 0 spiro atoms. The Morgan fingerprint density at radius 1 is 0.372 bits per heavy atom. The van der Waals surface area contributed by atoms with Crippen molar-refractivity contribution >= 4 is 109 Å². The molecule has 0 aliphatic heterocycles. The maximum absolute atomic E-state index is 6.70. The summed E-state index contributed by atoms with van der Waals surface area (Å²) in [6, 6.07) is 44.6. The fraction of sp³-hybridized carbons (Fsp3) is 0. The van der Waals surface area contributed by atoms with Gasteiger partial charge in [-0.1, -0.05) is 84.9 Å². The van der Waals surface area contributed by atoms with Crippen molar-refractivity contribution < 1.29 is 4.42 Å². The van der Waals surface area contributed by atoms with E-state index in [1.54, 1.807) is 0 Å². The van der Waals surface area contributed by atoms with E-state index in [2.05, 4.69) is 130 Å². The first-order valence-electron chi connectivity index (χ1n) is 14.9. The van der Waals surface area contributed by atoms with Crippen molar-refractivity contribution in [2.45, 2.75) is 0 Å². The van der Waals surface area contributed by atoms with Crippen molar-refractivity contribution in [1.82, 2.24) is 8.80 Å². The Labute approximate surface area is 243 Å². The van der Waals surface area contributed by atoms with Crippen molar-refractivity contribution in [2.24, 2.45) is 0 Å². The molecule has 0 unspecified atom stereocenters. The lowest BCUT2D eigenvalue weighted by molar-refractivity contribution is 0.671. The van der Waals surface area contributed by atoms with Crippen LogP contribution in [0.2, 0.25) is 0 Å². The van der Waals surface area contributed by atoms with E-state index < -0.39 is 0 Å². The summed E-state index contributed by atoms with van der Waals surface area (Å²) in [5.41, 5.74) is 9.34. The van der Waals surface area contributed by atoms with Crippen LogP contribution in [0.4, 0.5) is 0 Å². The van der Waals surface area contributed by atoms with Crippen LogP contribution < -0.4 is 0 Å². The maximum atomic E-state index is 6.70. The van der Waals surface area contributed by atoms with Gasteiger partial charge in [-0.05, 0) is 47.2 Å². The van der Waals surface area contributed by atoms with E-state index in [1.165, 1.54) is 81.4 Å². The molecule has 5 heterocycles. The number of hydrogen-bond donors (Lipinski definition) is 0. The molecule has 0 bridgehead atoms. The van der Waals surface area contributed by atoms with Gasteiger partial charge in [-0.2, -0.15) is 0 Å². The molecule has 43 heavy (non-hydrogen) atoms. The second-order valence-electron chi connectivity index (χ2n) is 12.1. The Hall–Kier alpha value is -5.80. The third-order valence-electron chi connectivity index (χ3n) is 10.1. The van der Waals surface area contributed by atoms with E-state index in [0.717, 1.165) is 27.5 Å². The molecule has 0 amide bonds. The van der Waals surface area contributed by atoms with Gasteiger partial charge in [-0.25, -0.2) is 0 Å². The standard InChI is InChI=1S/C40H20N2O/c1-2-9-22-21(8-1)18-31-30-19-29-26-13-7-12-25-23-10-3-5-14-32(23)41(37(25)26)33(29)20-34(30)42-38(31)36(22)28-17-16-27-24-11-4-6-15-35(24)43-40(27)39(28)42/h1-20H. The summed E-state index contributed by atoms with van der Waals surface area (Å²) in [4.78, 5) is 0. The molecule has 3 nitrogen and oxygen atoms in total. The van der Waals surface area contributed by atoms with E-state index in [-0.39, 0.29) is 0 Å². The van der Waals surface area contributed by atoms with Gasteiger partial charge in [-0.3, -0.25) is 0 Å². The van der Waals surface area contributed by atoms with E-state index in [4.69, 9.17) is 4.42 Å². The molecule has 0 saturated heterocycles. The molecule has 0 saturated carbocycles. The molecule has 0 aliphatic rings. The highest BCUT2D eigenvalue weighted by Crippen LogP contribution is 2.48. The highest BCUT2D eigenvalue weighted by Gasteiger charge is 2.25. The van der Waals surface area contributed by atoms with Gasteiger partial charge in [0.2, 0.25) is 0 Å². The highest BCUT2D eigenvalue weighted by atomic mass is 16.3. The molecule has 12 rings (SSSR count). The Balaban J connectivity index is 1.42. The molecular formula is C40H20N2O. The zero-order chi connectivity index (χ0) is 27.6. The van der Waals surface area contributed by atoms with Crippen LogP contribution in [0.25, 0.3) is 109 Å². The summed E-state index contributed by atoms with van der Waals surface area (Å²) in [7, 11) is 0. The first-order chi connectivity index (χ1) is 21.3. The zero-order valence-electron chi connectivity index (χ0n) is 22.8. The Kier molecular flexibility index (Phi) is 3.32. The summed E-state index contributed by atoms with van der Waals surface area (Å²) in [6.07, 6.45) is 0.